The molecular formula is C52H50O16. The number of aromatic hydroxyl groups is 2. The predicted molar refractivity (Wildman–Crippen MR) is 245 cm³/mol. The van der Waals surface area contributed by atoms with Crippen LogP contribution in [0.2, 0.25) is 0 Å². The van der Waals surface area contributed by atoms with Gasteiger partial charge in [0.05, 0.1) is 11.1 Å². The van der Waals surface area contributed by atoms with Gasteiger partial charge in [-0.2, -0.15) is 0 Å². The summed E-state index contributed by atoms with van der Waals surface area (Å²) in [5.74, 6) is -10.3. The molecule has 0 aromatic heterocycles. The van der Waals surface area contributed by atoms with Crippen molar-refractivity contribution in [3.63, 3.8) is 0 Å². The fraction of sp³-hybridized carbons (Fsp3) is 0.269. The van der Waals surface area contributed by atoms with Crippen molar-refractivity contribution in [1.29, 1.82) is 0 Å². The molecular weight excluding hydrogens is 881 g/mol. The van der Waals surface area contributed by atoms with Gasteiger partial charge in [-0.15, -0.1) is 0 Å². The van der Waals surface area contributed by atoms with Crippen LogP contribution in [0, 0.1) is 5.92 Å². The average molecular weight is 931 g/mol. The number of benzene rings is 4. The number of allylic oxidation sites excluding steroid dienone is 5. The van der Waals surface area contributed by atoms with Crippen LogP contribution in [-0.4, -0.2) is 57.6 Å². The minimum absolute atomic E-state index is 0.0157. The number of Topliss-reactive ketones (excluding diaryl/α,β-unsaturated/α-hetero) is 1. The van der Waals surface area contributed by atoms with Crippen LogP contribution in [0.15, 0.2) is 90.0 Å². The topological polar surface area (TPSA) is 232 Å². The summed E-state index contributed by atoms with van der Waals surface area (Å²) in [6.07, 6.45) is 6.30. The van der Waals surface area contributed by atoms with Crippen LogP contribution in [0.3, 0.4) is 0 Å². The highest BCUT2D eigenvalue weighted by molar-refractivity contribution is 6.09. The van der Waals surface area contributed by atoms with Crippen molar-refractivity contribution in [2.45, 2.75) is 87.0 Å². The number of hydrogen-bond donors (Lipinski definition) is 2. The highest BCUT2D eigenvalue weighted by atomic mass is 16.6. The van der Waals surface area contributed by atoms with Gasteiger partial charge in [0.1, 0.15) is 46.0 Å². The maximum atomic E-state index is 15.5. The molecule has 0 heterocycles. The van der Waals surface area contributed by atoms with Crippen molar-refractivity contribution >= 4 is 53.5 Å². The van der Waals surface area contributed by atoms with E-state index in [1.165, 1.54) is 88.4 Å². The maximum absolute atomic E-state index is 15.5. The van der Waals surface area contributed by atoms with Crippen molar-refractivity contribution in [3.05, 3.63) is 123 Å². The van der Waals surface area contributed by atoms with Crippen molar-refractivity contribution in [1.82, 2.24) is 0 Å². The highest BCUT2D eigenvalue weighted by Crippen LogP contribution is 2.52. The highest BCUT2D eigenvalue weighted by Gasteiger charge is 2.43. The van der Waals surface area contributed by atoms with E-state index in [0.29, 0.717) is 16.7 Å². The molecule has 0 aliphatic heterocycles. The number of esters is 6. The summed E-state index contributed by atoms with van der Waals surface area (Å²) in [5, 5.41) is 23.0. The van der Waals surface area contributed by atoms with E-state index >= 15 is 4.79 Å². The predicted octanol–water partition coefficient (Wildman–Crippen LogP) is 8.77. The average Bonchev–Trinajstić information content (AvgIpc) is 3.21. The first-order valence-electron chi connectivity index (χ1n) is 21.2. The first kappa shape index (κ1) is 50.9. The number of carbonyl (C=O) groups excluding carboxylic acids is 8. The number of hydrogen-bond acceptors (Lipinski definition) is 16. The number of ether oxygens (including phenoxy) is 6. The summed E-state index contributed by atoms with van der Waals surface area (Å²) in [6.45, 7) is 12.5. The molecule has 1 aliphatic rings. The van der Waals surface area contributed by atoms with Crippen molar-refractivity contribution < 1.29 is 77.0 Å². The molecule has 2 N–H and O–H groups in total. The van der Waals surface area contributed by atoms with Crippen LogP contribution in [0.1, 0.15) is 124 Å². The largest absolute Gasteiger partial charge is 0.507 e. The minimum atomic E-state index is -1.28. The van der Waals surface area contributed by atoms with E-state index in [9.17, 15) is 43.8 Å². The fourth-order valence-corrected chi connectivity index (χ4v) is 7.81. The molecule has 1 aliphatic carbocycles. The van der Waals surface area contributed by atoms with Gasteiger partial charge in [0.15, 0.2) is 11.6 Å². The van der Waals surface area contributed by atoms with Crippen LogP contribution < -0.4 is 28.4 Å². The van der Waals surface area contributed by atoms with Crippen molar-refractivity contribution in [2.24, 2.45) is 5.92 Å². The van der Waals surface area contributed by atoms with Crippen molar-refractivity contribution in [2.75, 3.05) is 0 Å². The summed E-state index contributed by atoms with van der Waals surface area (Å²) in [6, 6.07) is 13.4. The van der Waals surface area contributed by atoms with Crippen molar-refractivity contribution in [3.8, 4) is 46.0 Å². The van der Waals surface area contributed by atoms with E-state index in [-0.39, 0.29) is 69.6 Å². The van der Waals surface area contributed by atoms with E-state index in [1.54, 1.807) is 13.0 Å². The monoisotopic (exact) mass is 930 g/mol. The number of rotatable bonds is 15. The van der Waals surface area contributed by atoms with Gasteiger partial charge in [-0.25, -0.2) is 0 Å². The SMILES string of the molecule is CC(=O)Oc1ccc(/C=C/C(=O)c2cc(C3C=C(C)C[C@H](c4ccc(OC(C)=O)cc4OC(C)=O)[C@H]3C(=O)c3cc(CC=C(C)C)c(OC(C)=O)cc3O)c(OC(C)=O)cc2O)c(OC(C)=O)c1. The van der Waals surface area contributed by atoms with Crippen LogP contribution in [0.4, 0.5) is 0 Å². The third-order valence-corrected chi connectivity index (χ3v) is 10.4. The number of carbonyl (C=O) groups is 8. The lowest BCUT2D eigenvalue weighted by molar-refractivity contribution is -0.133. The molecule has 0 radical (unpaired) electrons. The molecule has 68 heavy (non-hydrogen) atoms. The first-order chi connectivity index (χ1) is 32.0. The molecule has 0 spiro atoms. The quantitative estimate of drug-likeness (QED) is 0.0373. The molecule has 1 unspecified atom stereocenters. The molecule has 16 nitrogen and oxygen atoms in total. The van der Waals surface area contributed by atoms with Gasteiger partial charge < -0.3 is 38.6 Å². The van der Waals surface area contributed by atoms with Crippen LogP contribution in [-0.2, 0) is 35.2 Å². The lowest BCUT2D eigenvalue weighted by atomic mass is 9.65. The maximum Gasteiger partial charge on any atom is 0.308 e. The summed E-state index contributed by atoms with van der Waals surface area (Å²) >= 11 is 0. The molecule has 0 saturated carbocycles. The van der Waals surface area contributed by atoms with Gasteiger partial charge in [-0.1, -0.05) is 29.4 Å². The number of ketones is 2. The van der Waals surface area contributed by atoms with E-state index < -0.39 is 76.6 Å². The summed E-state index contributed by atoms with van der Waals surface area (Å²) < 4.78 is 32.5. The van der Waals surface area contributed by atoms with Crippen LogP contribution >= 0.6 is 0 Å². The van der Waals surface area contributed by atoms with Gasteiger partial charge >= 0.3 is 35.8 Å². The molecule has 0 saturated heterocycles. The van der Waals surface area contributed by atoms with E-state index in [0.717, 1.165) is 31.6 Å². The van der Waals surface area contributed by atoms with E-state index in [1.807, 2.05) is 19.9 Å². The Morgan fingerprint density at radius 2 is 1.07 bits per heavy atom. The van der Waals surface area contributed by atoms with E-state index in [2.05, 4.69) is 0 Å². The molecule has 0 fully saturated rings. The fourth-order valence-electron chi connectivity index (χ4n) is 7.81. The molecule has 4 aromatic rings. The second-order valence-corrected chi connectivity index (χ2v) is 16.3. The summed E-state index contributed by atoms with van der Waals surface area (Å²) in [7, 11) is 0. The molecule has 3 atom stereocenters. The Hall–Kier alpha value is -8.14. The third kappa shape index (κ3) is 13.0. The Bertz CT molecular complexity index is 2820. The second kappa shape index (κ2) is 21.9. The zero-order valence-electron chi connectivity index (χ0n) is 38.8. The molecule has 16 heteroatoms. The van der Waals surface area contributed by atoms with Gasteiger partial charge in [-0.05, 0) is 87.2 Å². The number of phenolic OH excluding ortho intramolecular Hbond substituents is 2. The zero-order chi connectivity index (χ0) is 50.1. The molecule has 354 valence electrons. The first-order valence-corrected chi connectivity index (χ1v) is 21.2. The number of phenols is 2. The Labute approximate surface area is 391 Å². The Balaban J connectivity index is 1.78. The van der Waals surface area contributed by atoms with Crippen LogP contribution in [0.5, 0.6) is 46.0 Å². The van der Waals surface area contributed by atoms with Gasteiger partial charge in [-0.3, -0.25) is 38.4 Å². The van der Waals surface area contributed by atoms with Gasteiger partial charge in [0, 0.05) is 94.7 Å². The third-order valence-electron chi connectivity index (χ3n) is 10.4. The smallest absolute Gasteiger partial charge is 0.308 e. The van der Waals surface area contributed by atoms with Gasteiger partial charge in [0.2, 0.25) is 0 Å². The molecule has 4 aromatic carbocycles. The minimum Gasteiger partial charge on any atom is -0.507 e. The summed E-state index contributed by atoms with van der Waals surface area (Å²) in [5.41, 5.74) is 2.09. The standard InChI is InChI=1S/C52H50O16/c1-26(2)10-11-35-20-43(46(61)24-48(35)66-31(7)56)52(62)51-40(38-16-15-37(64-29(5)54)22-49(38)67-32(8)57)18-27(3)19-41(51)39-23-42(45(60)25-50(39)68-33(9)58)44(59)17-13-34-12-14-36(63-28(4)53)21-47(34)65-30(6)55/h10,12-17,19-25,40-41,51,60-61H,11,18H2,1-9H3/b17-13+/t40-,41?,51-/m1/s1. The van der Waals surface area contributed by atoms with Gasteiger partial charge in [0.25, 0.3) is 0 Å². The van der Waals surface area contributed by atoms with Crippen LogP contribution in [0.25, 0.3) is 6.08 Å². The Morgan fingerprint density at radius 3 is 1.65 bits per heavy atom. The van der Waals surface area contributed by atoms with E-state index in [4.69, 9.17) is 28.4 Å². The second-order valence-electron chi connectivity index (χ2n) is 16.3. The normalized spacial score (nSPS) is 15.3. The molecule has 0 bridgehead atoms. The summed E-state index contributed by atoms with van der Waals surface area (Å²) in [4.78, 5) is 103. The zero-order valence-corrected chi connectivity index (χ0v) is 38.8. The molecule has 5 rings (SSSR count). The Morgan fingerprint density at radius 1 is 0.574 bits per heavy atom. The molecule has 0 amide bonds. The Kier molecular flexibility index (Phi) is 16.4. The lowest BCUT2D eigenvalue weighted by Gasteiger charge is -2.38. The lowest BCUT2D eigenvalue weighted by Crippen LogP contribution is -2.32.